The highest BCUT2D eigenvalue weighted by Gasteiger charge is 2.43. The molecule has 0 aromatic heterocycles. The molecule has 0 bridgehead atoms. The maximum absolute atomic E-state index is 12.6. The topological polar surface area (TPSA) is 46.6 Å². The van der Waals surface area contributed by atoms with Crippen molar-refractivity contribution in [1.29, 1.82) is 0 Å². The predicted octanol–water partition coefficient (Wildman–Crippen LogP) is 4.67. The van der Waals surface area contributed by atoms with Gasteiger partial charge < -0.3 is 9.64 Å². The van der Waals surface area contributed by atoms with Crippen LogP contribution in [0.15, 0.2) is 46.9 Å². The zero-order chi connectivity index (χ0) is 19.0. The fourth-order valence-electron chi connectivity index (χ4n) is 3.80. The first-order valence-electron chi connectivity index (χ1n) is 8.98. The van der Waals surface area contributed by atoms with Gasteiger partial charge in [-0.1, -0.05) is 39.7 Å². The lowest BCUT2D eigenvalue weighted by Gasteiger charge is -2.44. The molecule has 4 nitrogen and oxygen atoms in total. The minimum absolute atomic E-state index is 0.0633. The predicted molar refractivity (Wildman–Crippen MR) is 107 cm³/mol. The molecule has 1 saturated heterocycles. The first-order valence-corrected chi connectivity index (χ1v) is 10.2. The van der Waals surface area contributed by atoms with E-state index in [-0.39, 0.29) is 11.7 Å². The Bertz CT molecular complexity index is 889. The standard InChI is InChI=1S/C21H19BrClNO3/c22-15-3-1-14(2-4-15)11-20(26)24-9-7-21(8-10-24)13-18(25)17-12-16(23)5-6-19(17)27-21/h1-6,12H,7-11,13H2. The molecule has 1 spiro atoms. The van der Waals surface area contributed by atoms with Gasteiger partial charge in [-0.05, 0) is 35.9 Å². The first-order chi connectivity index (χ1) is 12.9. The van der Waals surface area contributed by atoms with Gasteiger partial charge in [0.05, 0.1) is 18.4 Å². The van der Waals surface area contributed by atoms with Gasteiger partial charge in [0.2, 0.25) is 5.91 Å². The van der Waals surface area contributed by atoms with E-state index in [1.54, 1.807) is 18.2 Å². The number of halogens is 2. The van der Waals surface area contributed by atoms with Crippen molar-refractivity contribution in [2.24, 2.45) is 0 Å². The molecule has 0 N–H and O–H groups in total. The Morgan fingerprint density at radius 2 is 1.85 bits per heavy atom. The third-order valence-electron chi connectivity index (χ3n) is 5.35. The molecule has 140 valence electrons. The lowest BCUT2D eigenvalue weighted by molar-refractivity contribution is -0.134. The first kappa shape index (κ1) is 18.5. The minimum atomic E-state index is -0.508. The fraction of sp³-hybridized carbons (Fsp3) is 0.333. The summed E-state index contributed by atoms with van der Waals surface area (Å²) in [7, 11) is 0. The van der Waals surface area contributed by atoms with Gasteiger partial charge in [-0.15, -0.1) is 0 Å². The Morgan fingerprint density at radius 3 is 2.56 bits per heavy atom. The van der Waals surface area contributed by atoms with Crippen LogP contribution in [0.4, 0.5) is 0 Å². The molecular formula is C21H19BrClNO3. The summed E-state index contributed by atoms with van der Waals surface area (Å²) in [5, 5.41) is 0.537. The number of carbonyl (C=O) groups is 2. The number of ether oxygens (including phenoxy) is 1. The van der Waals surface area contributed by atoms with E-state index < -0.39 is 5.60 Å². The normalized spacial score (nSPS) is 18.1. The number of likely N-dealkylation sites (tertiary alicyclic amines) is 1. The highest BCUT2D eigenvalue weighted by Crippen LogP contribution is 2.40. The van der Waals surface area contributed by atoms with Crippen LogP contribution in [-0.4, -0.2) is 35.3 Å². The Balaban J connectivity index is 1.41. The van der Waals surface area contributed by atoms with Gasteiger partial charge in [0.25, 0.3) is 0 Å². The Hall–Kier alpha value is -1.85. The number of benzene rings is 2. The molecule has 0 unspecified atom stereocenters. The summed E-state index contributed by atoms with van der Waals surface area (Å²) in [6, 6.07) is 13.0. The third-order valence-corrected chi connectivity index (χ3v) is 6.11. The second-order valence-corrected chi connectivity index (χ2v) is 8.56. The van der Waals surface area contributed by atoms with Crippen LogP contribution in [0, 0.1) is 0 Å². The zero-order valence-corrected chi connectivity index (χ0v) is 17.1. The van der Waals surface area contributed by atoms with Gasteiger partial charge in [0.15, 0.2) is 5.78 Å². The van der Waals surface area contributed by atoms with E-state index in [0.717, 1.165) is 10.0 Å². The van der Waals surface area contributed by atoms with Crippen LogP contribution >= 0.6 is 27.5 Å². The van der Waals surface area contributed by atoms with Crippen LogP contribution in [0.25, 0.3) is 0 Å². The number of Topliss-reactive ketones (excluding diaryl/α,β-unsaturated/α-hetero) is 1. The number of fused-ring (bicyclic) bond motifs is 1. The van der Waals surface area contributed by atoms with E-state index >= 15 is 0 Å². The Kier molecular flexibility index (Phi) is 4.99. The van der Waals surface area contributed by atoms with Crippen LogP contribution in [0.1, 0.15) is 35.2 Å². The number of nitrogens with zero attached hydrogens (tertiary/aromatic N) is 1. The second-order valence-electron chi connectivity index (χ2n) is 7.21. The quantitative estimate of drug-likeness (QED) is 0.671. The largest absolute Gasteiger partial charge is 0.486 e. The van der Waals surface area contributed by atoms with Crippen LogP contribution in [0.2, 0.25) is 5.02 Å². The molecule has 2 heterocycles. The molecule has 2 aromatic rings. The van der Waals surface area contributed by atoms with E-state index in [2.05, 4.69) is 15.9 Å². The van der Waals surface area contributed by atoms with Crippen molar-refractivity contribution in [2.75, 3.05) is 13.1 Å². The number of carbonyl (C=O) groups excluding carboxylic acids is 2. The minimum Gasteiger partial charge on any atom is -0.486 e. The molecule has 27 heavy (non-hydrogen) atoms. The van der Waals surface area contributed by atoms with E-state index in [0.29, 0.717) is 55.1 Å². The summed E-state index contributed by atoms with van der Waals surface area (Å²) in [6.45, 7) is 1.21. The molecule has 0 atom stereocenters. The summed E-state index contributed by atoms with van der Waals surface area (Å²) >= 11 is 9.40. The molecule has 2 aromatic carbocycles. The van der Waals surface area contributed by atoms with Crippen molar-refractivity contribution >= 4 is 39.2 Å². The highest BCUT2D eigenvalue weighted by molar-refractivity contribution is 9.10. The van der Waals surface area contributed by atoms with Gasteiger partial charge in [-0.3, -0.25) is 9.59 Å². The Labute approximate surface area is 171 Å². The summed E-state index contributed by atoms with van der Waals surface area (Å²) < 4.78 is 7.22. The van der Waals surface area contributed by atoms with Crippen LogP contribution < -0.4 is 4.74 Å². The second kappa shape index (κ2) is 7.28. The summed E-state index contributed by atoms with van der Waals surface area (Å²) in [4.78, 5) is 27.1. The Morgan fingerprint density at radius 1 is 1.15 bits per heavy atom. The van der Waals surface area contributed by atoms with Crippen LogP contribution in [0.3, 0.4) is 0 Å². The molecule has 6 heteroatoms. The van der Waals surface area contributed by atoms with Crippen LogP contribution in [0.5, 0.6) is 5.75 Å². The summed E-state index contributed by atoms with van der Waals surface area (Å²) in [5.41, 5.74) is 1.05. The van der Waals surface area contributed by atoms with Crippen molar-refractivity contribution in [3.63, 3.8) is 0 Å². The molecule has 1 fully saturated rings. The lowest BCUT2D eigenvalue weighted by atomic mass is 9.82. The zero-order valence-electron chi connectivity index (χ0n) is 14.7. The van der Waals surface area contributed by atoms with Crippen molar-refractivity contribution in [3.05, 3.63) is 63.1 Å². The lowest BCUT2D eigenvalue weighted by Crippen LogP contribution is -2.52. The number of hydrogen-bond acceptors (Lipinski definition) is 3. The van der Waals surface area contributed by atoms with Gasteiger partial charge in [0, 0.05) is 35.4 Å². The molecule has 2 aliphatic rings. The third kappa shape index (κ3) is 3.90. The van der Waals surface area contributed by atoms with E-state index in [1.165, 1.54) is 0 Å². The maximum atomic E-state index is 12.6. The molecule has 0 saturated carbocycles. The van der Waals surface area contributed by atoms with Gasteiger partial charge in [0.1, 0.15) is 11.4 Å². The number of piperidine rings is 1. The van der Waals surface area contributed by atoms with E-state index in [9.17, 15) is 9.59 Å². The highest BCUT2D eigenvalue weighted by atomic mass is 79.9. The van der Waals surface area contributed by atoms with Crippen molar-refractivity contribution < 1.29 is 14.3 Å². The van der Waals surface area contributed by atoms with E-state index in [1.807, 2.05) is 29.2 Å². The number of amides is 1. The average molecular weight is 449 g/mol. The van der Waals surface area contributed by atoms with Gasteiger partial charge in [-0.25, -0.2) is 0 Å². The maximum Gasteiger partial charge on any atom is 0.226 e. The molecule has 0 radical (unpaired) electrons. The van der Waals surface area contributed by atoms with Gasteiger partial charge >= 0.3 is 0 Å². The fourth-order valence-corrected chi connectivity index (χ4v) is 4.23. The van der Waals surface area contributed by atoms with Crippen molar-refractivity contribution in [3.8, 4) is 5.75 Å². The van der Waals surface area contributed by atoms with Gasteiger partial charge in [-0.2, -0.15) is 0 Å². The van der Waals surface area contributed by atoms with Crippen LogP contribution in [-0.2, 0) is 11.2 Å². The number of hydrogen-bond donors (Lipinski definition) is 0. The molecule has 2 aliphatic heterocycles. The smallest absolute Gasteiger partial charge is 0.226 e. The number of ketones is 1. The molecular weight excluding hydrogens is 430 g/mol. The molecule has 1 amide bonds. The van der Waals surface area contributed by atoms with Crippen molar-refractivity contribution in [1.82, 2.24) is 4.90 Å². The monoisotopic (exact) mass is 447 g/mol. The molecule has 0 aliphatic carbocycles. The number of rotatable bonds is 2. The van der Waals surface area contributed by atoms with E-state index in [4.69, 9.17) is 16.3 Å². The average Bonchev–Trinajstić information content (AvgIpc) is 2.65. The van der Waals surface area contributed by atoms with Crippen molar-refractivity contribution in [2.45, 2.75) is 31.3 Å². The summed E-state index contributed by atoms with van der Waals surface area (Å²) in [5.74, 6) is 0.778. The molecule has 4 rings (SSSR count). The summed E-state index contributed by atoms with van der Waals surface area (Å²) in [6.07, 6.45) is 2.05. The SMILES string of the molecule is O=C1CC2(CCN(C(=O)Cc3ccc(Br)cc3)CC2)Oc2ccc(Cl)cc21.